The number of H-pyrrole nitrogens is 1. The summed E-state index contributed by atoms with van der Waals surface area (Å²) < 4.78 is 0. The molecule has 0 radical (unpaired) electrons. The molecule has 166 valence electrons. The Bertz CT molecular complexity index is 1320. The van der Waals surface area contributed by atoms with Gasteiger partial charge in [0.25, 0.3) is 5.91 Å². The van der Waals surface area contributed by atoms with Gasteiger partial charge in [0, 0.05) is 35.5 Å². The summed E-state index contributed by atoms with van der Waals surface area (Å²) in [6.07, 6.45) is 3.14. The third-order valence-electron chi connectivity index (χ3n) is 5.36. The predicted molar refractivity (Wildman–Crippen MR) is 125 cm³/mol. The van der Waals surface area contributed by atoms with Crippen LogP contribution in [0.1, 0.15) is 28.8 Å². The summed E-state index contributed by atoms with van der Waals surface area (Å²) in [5, 5.41) is 21.4. The average Bonchev–Trinajstić information content (AvgIpc) is 3.44. The molecule has 1 saturated heterocycles. The number of anilines is 2. The lowest BCUT2D eigenvalue weighted by atomic mass is 10.1. The minimum atomic E-state index is -0.815. The molecule has 9 nitrogen and oxygen atoms in total. The predicted octanol–water partition coefficient (Wildman–Crippen LogP) is 3.34. The van der Waals surface area contributed by atoms with E-state index in [9.17, 15) is 14.7 Å². The van der Waals surface area contributed by atoms with Crippen molar-refractivity contribution in [1.29, 1.82) is 0 Å². The van der Waals surface area contributed by atoms with E-state index in [1.807, 2.05) is 24.3 Å². The maximum absolute atomic E-state index is 12.7. The molecule has 0 bridgehead atoms. The first kappa shape index (κ1) is 21.1. The fraction of sp³-hybridized carbons (Fsp3) is 0.174. The minimum Gasteiger partial charge on any atom is -0.373 e. The topological polar surface area (TPSA) is 124 Å². The Morgan fingerprint density at radius 1 is 1.21 bits per heavy atom. The zero-order valence-electron chi connectivity index (χ0n) is 17.4. The Kier molecular flexibility index (Phi) is 5.76. The number of fused-ring (bicyclic) bond motifs is 1. The molecule has 1 atom stereocenters. The van der Waals surface area contributed by atoms with E-state index in [0.717, 1.165) is 16.0 Å². The number of thioether (sulfide) groups is 1. The number of nitrogens with one attached hydrogen (secondary N) is 2. The first-order valence-corrected chi connectivity index (χ1v) is 11.3. The van der Waals surface area contributed by atoms with Gasteiger partial charge in [0.15, 0.2) is 5.65 Å². The number of benzene rings is 2. The second kappa shape index (κ2) is 9.00. The molecule has 3 heterocycles. The van der Waals surface area contributed by atoms with E-state index in [1.165, 1.54) is 11.2 Å². The molecule has 4 aromatic rings. The lowest BCUT2D eigenvalue weighted by molar-refractivity contribution is -0.117. The van der Waals surface area contributed by atoms with Crippen molar-refractivity contribution in [3.05, 3.63) is 72.2 Å². The van der Waals surface area contributed by atoms with E-state index in [1.54, 1.807) is 42.2 Å². The second-order valence-electron chi connectivity index (χ2n) is 7.58. The molecular formula is C23H20N6O3S. The first-order valence-electron chi connectivity index (χ1n) is 10.4. The van der Waals surface area contributed by atoms with Crippen molar-refractivity contribution in [3.63, 3.8) is 0 Å². The molecule has 2 aromatic heterocycles. The zero-order valence-corrected chi connectivity index (χ0v) is 18.2. The van der Waals surface area contributed by atoms with Crippen LogP contribution >= 0.6 is 11.8 Å². The van der Waals surface area contributed by atoms with Crippen molar-refractivity contribution in [2.75, 3.05) is 10.2 Å². The number of hydrogen-bond donors (Lipinski definition) is 3. The van der Waals surface area contributed by atoms with Gasteiger partial charge >= 0.3 is 0 Å². The fourth-order valence-electron chi connectivity index (χ4n) is 3.71. The third kappa shape index (κ3) is 4.43. The van der Waals surface area contributed by atoms with Crippen LogP contribution in [0.3, 0.4) is 0 Å². The Balaban J connectivity index is 1.24. The molecule has 0 spiro atoms. The molecule has 5 rings (SSSR count). The Hall–Kier alpha value is -3.76. The number of amides is 2. The molecule has 1 aliphatic rings. The highest BCUT2D eigenvalue weighted by atomic mass is 32.2. The van der Waals surface area contributed by atoms with Gasteiger partial charge in [0.05, 0.1) is 11.6 Å². The van der Waals surface area contributed by atoms with Crippen molar-refractivity contribution >= 4 is 46.0 Å². The summed E-state index contributed by atoms with van der Waals surface area (Å²) in [5.74, 6) is 0.294. The smallest absolute Gasteiger partial charge is 0.255 e. The van der Waals surface area contributed by atoms with Gasteiger partial charge in [-0.1, -0.05) is 12.1 Å². The van der Waals surface area contributed by atoms with E-state index in [-0.39, 0.29) is 11.8 Å². The molecule has 1 aliphatic heterocycles. The van der Waals surface area contributed by atoms with E-state index >= 15 is 0 Å². The third-order valence-corrected chi connectivity index (χ3v) is 6.44. The standard InChI is InChI=1S/C23H20N6O3S/c30-19-8-9-20(31)29(19)17-6-4-15(5-7-17)22(32)27-16-3-1-2-14(10-16)12-33-23-18-11-26-28-21(18)24-13-25-23/h1-7,10-11,13,19,30H,8-9,12H2,(H,27,32)(H,24,25,26,28). The molecular weight excluding hydrogens is 440 g/mol. The lowest BCUT2D eigenvalue weighted by Gasteiger charge is -2.20. The molecule has 1 fully saturated rings. The molecule has 3 N–H and O–H groups in total. The highest BCUT2D eigenvalue weighted by molar-refractivity contribution is 7.98. The maximum Gasteiger partial charge on any atom is 0.255 e. The highest BCUT2D eigenvalue weighted by Crippen LogP contribution is 2.28. The summed E-state index contributed by atoms with van der Waals surface area (Å²) in [4.78, 5) is 34.5. The fourth-order valence-corrected chi connectivity index (χ4v) is 4.62. The molecule has 0 saturated carbocycles. The number of aliphatic hydroxyl groups is 1. The summed E-state index contributed by atoms with van der Waals surface area (Å²) >= 11 is 1.57. The van der Waals surface area contributed by atoms with E-state index in [2.05, 4.69) is 25.5 Å². The number of carbonyl (C=O) groups is 2. The number of aromatic amines is 1. The molecule has 2 amide bonds. The minimum absolute atomic E-state index is 0.121. The van der Waals surface area contributed by atoms with E-state index in [4.69, 9.17) is 0 Å². The summed E-state index contributed by atoms with van der Waals surface area (Å²) in [6, 6.07) is 14.3. The highest BCUT2D eigenvalue weighted by Gasteiger charge is 2.30. The molecule has 10 heteroatoms. The van der Waals surface area contributed by atoms with Gasteiger partial charge in [0.1, 0.15) is 17.6 Å². The average molecular weight is 461 g/mol. The van der Waals surface area contributed by atoms with Crippen LogP contribution in [-0.4, -0.2) is 43.3 Å². The molecule has 0 aliphatic carbocycles. The van der Waals surface area contributed by atoms with E-state index < -0.39 is 6.23 Å². The van der Waals surface area contributed by atoms with Crippen molar-refractivity contribution < 1.29 is 14.7 Å². The first-order chi connectivity index (χ1) is 16.1. The Morgan fingerprint density at radius 3 is 2.85 bits per heavy atom. The summed E-state index contributed by atoms with van der Waals surface area (Å²) in [5.41, 5.74) is 3.46. The van der Waals surface area contributed by atoms with Crippen molar-refractivity contribution in [2.24, 2.45) is 0 Å². The number of carbonyl (C=O) groups excluding carboxylic acids is 2. The van der Waals surface area contributed by atoms with Crippen molar-refractivity contribution in [2.45, 2.75) is 29.8 Å². The van der Waals surface area contributed by atoms with Crippen LogP contribution in [0, 0.1) is 0 Å². The normalized spacial score (nSPS) is 15.8. The van der Waals surface area contributed by atoms with Crippen LogP contribution in [0.2, 0.25) is 0 Å². The quantitative estimate of drug-likeness (QED) is 0.298. The number of rotatable bonds is 6. The van der Waals surface area contributed by atoms with Gasteiger partial charge in [-0.15, -0.1) is 11.8 Å². The largest absolute Gasteiger partial charge is 0.373 e. The molecule has 2 aromatic carbocycles. The van der Waals surface area contributed by atoms with Crippen molar-refractivity contribution in [3.8, 4) is 0 Å². The van der Waals surface area contributed by atoms with Gasteiger partial charge in [0.2, 0.25) is 5.91 Å². The zero-order chi connectivity index (χ0) is 22.8. The van der Waals surface area contributed by atoms with E-state index in [0.29, 0.717) is 41.2 Å². The van der Waals surface area contributed by atoms with Gasteiger partial charge in [-0.05, 0) is 42.0 Å². The Labute approximate surface area is 193 Å². The van der Waals surface area contributed by atoms with Crippen molar-refractivity contribution in [1.82, 2.24) is 20.2 Å². The number of hydrogen-bond acceptors (Lipinski definition) is 7. The lowest BCUT2D eigenvalue weighted by Crippen LogP contribution is -2.32. The van der Waals surface area contributed by atoms with Gasteiger partial charge in [-0.25, -0.2) is 9.97 Å². The number of aromatic nitrogens is 4. The van der Waals surface area contributed by atoms with Crippen LogP contribution < -0.4 is 10.2 Å². The Morgan fingerprint density at radius 2 is 2.06 bits per heavy atom. The molecule has 1 unspecified atom stereocenters. The van der Waals surface area contributed by atoms with Gasteiger partial charge in [-0.3, -0.25) is 19.6 Å². The van der Waals surface area contributed by atoms with Crippen LogP contribution in [0.15, 0.2) is 66.1 Å². The second-order valence-corrected chi connectivity index (χ2v) is 8.55. The van der Waals surface area contributed by atoms with Crippen LogP contribution in [0.25, 0.3) is 11.0 Å². The maximum atomic E-state index is 12.7. The molecule has 33 heavy (non-hydrogen) atoms. The van der Waals surface area contributed by atoms with Gasteiger partial charge in [-0.2, -0.15) is 5.10 Å². The SMILES string of the molecule is O=C(Nc1cccc(CSc2ncnc3[nH]ncc23)c1)c1ccc(N2C(=O)CCC2O)cc1. The summed E-state index contributed by atoms with van der Waals surface area (Å²) in [6.45, 7) is 0. The van der Waals surface area contributed by atoms with Crippen LogP contribution in [-0.2, 0) is 10.5 Å². The monoisotopic (exact) mass is 460 g/mol. The number of aliphatic hydroxyl groups excluding tert-OH is 1. The van der Waals surface area contributed by atoms with Gasteiger partial charge < -0.3 is 10.4 Å². The number of nitrogens with zero attached hydrogens (tertiary/aromatic N) is 4. The van der Waals surface area contributed by atoms with Crippen LogP contribution in [0.5, 0.6) is 0 Å². The summed E-state index contributed by atoms with van der Waals surface area (Å²) in [7, 11) is 0. The van der Waals surface area contributed by atoms with Crippen LogP contribution in [0.4, 0.5) is 11.4 Å².